The molecule has 0 spiro atoms. The van der Waals surface area contributed by atoms with Crippen molar-refractivity contribution in [2.24, 2.45) is 0 Å². The van der Waals surface area contributed by atoms with Crippen molar-refractivity contribution < 1.29 is 14.7 Å². The van der Waals surface area contributed by atoms with E-state index in [-0.39, 0.29) is 18.1 Å². The average Bonchev–Trinajstić information content (AvgIpc) is 2.69. The lowest BCUT2D eigenvalue weighted by atomic mass is 9.88. The van der Waals surface area contributed by atoms with Gasteiger partial charge >= 0.3 is 5.97 Å². The van der Waals surface area contributed by atoms with Gasteiger partial charge in [0, 0.05) is 18.1 Å². The molecule has 3 N–H and O–H groups in total. The van der Waals surface area contributed by atoms with Gasteiger partial charge in [-0.05, 0) is 43.9 Å². The van der Waals surface area contributed by atoms with E-state index in [2.05, 4.69) is 29.9 Å². The highest BCUT2D eigenvalue weighted by Gasteiger charge is 2.30. The molecule has 2 aromatic rings. The second kappa shape index (κ2) is 8.94. The van der Waals surface area contributed by atoms with Crippen LogP contribution in [0.2, 0.25) is 0 Å². The Bertz CT molecular complexity index is 693. The molecule has 1 aliphatic carbocycles. The number of rotatable bonds is 6. The van der Waals surface area contributed by atoms with Gasteiger partial charge in [0.05, 0.1) is 11.7 Å². The summed E-state index contributed by atoms with van der Waals surface area (Å²) in [4.78, 5) is 17.2. The summed E-state index contributed by atoms with van der Waals surface area (Å²) in [5, 5.41) is 14.0. The molecule has 1 aliphatic rings. The third-order valence-corrected chi connectivity index (χ3v) is 4.91. The minimum atomic E-state index is -0.483. The highest BCUT2D eigenvalue weighted by molar-refractivity contribution is 5.89. The van der Waals surface area contributed by atoms with Crippen molar-refractivity contribution in [2.75, 3.05) is 0 Å². The number of nitrogens with one attached hydrogen (secondary N) is 2. The first-order valence-electron chi connectivity index (χ1n) is 9.14. The standard InChI is InChI=1S/C21H26N2O3/c1-15(16-8-4-2-5-9-16)22-19-13-12-18(14-20(19)24)23-26-21(25)17-10-6-3-7-11-17/h2-11,15,18-20,22-24H,12-14H2,1H3/t15-,18+,19+,20+/m0/s1. The van der Waals surface area contributed by atoms with Gasteiger partial charge in [0.25, 0.3) is 0 Å². The van der Waals surface area contributed by atoms with Crippen LogP contribution < -0.4 is 10.8 Å². The molecule has 0 aliphatic heterocycles. The van der Waals surface area contributed by atoms with Gasteiger partial charge in [-0.1, -0.05) is 48.5 Å². The normalized spacial score (nSPS) is 24.0. The van der Waals surface area contributed by atoms with E-state index in [9.17, 15) is 9.90 Å². The zero-order valence-electron chi connectivity index (χ0n) is 15.0. The molecule has 0 bridgehead atoms. The number of aliphatic hydroxyl groups excluding tert-OH is 1. The van der Waals surface area contributed by atoms with E-state index < -0.39 is 12.1 Å². The Balaban J connectivity index is 1.45. The van der Waals surface area contributed by atoms with Crippen LogP contribution in [0.5, 0.6) is 0 Å². The van der Waals surface area contributed by atoms with E-state index in [0.717, 1.165) is 12.8 Å². The quantitative estimate of drug-likeness (QED) is 0.696. The Morgan fingerprint density at radius 3 is 2.38 bits per heavy atom. The number of benzene rings is 2. The summed E-state index contributed by atoms with van der Waals surface area (Å²) < 4.78 is 0. The number of aliphatic hydroxyl groups is 1. The van der Waals surface area contributed by atoms with E-state index in [1.54, 1.807) is 24.3 Å². The molecule has 138 valence electrons. The lowest BCUT2D eigenvalue weighted by Crippen LogP contribution is -2.49. The number of carbonyl (C=O) groups excluding carboxylic acids is 1. The molecule has 1 saturated carbocycles. The number of carbonyl (C=O) groups is 1. The molecule has 1 fully saturated rings. The Morgan fingerprint density at radius 2 is 1.73 bits per heavy atom. The van der Waals surface area contributed by atoms with Crippen molar-refractivity contribution in [3.8, 4) is 0 Å². The molecule has 0 saturated heterocycles. The van der Waals surface area contributed by atoms with Crippen LogP contribution in [0, 0.1) is 0 Å². The minimum Gasteiger partial charge on any atom is -0.391 e. The van der Waals surface area contributed by atoms with Gasteiger partial charge in [0.1, 0.15) is 0 Å². The summed E-state index contributed by atoms with van der Waals surface area (Å²) in [6, 6.07) is 19.3. The fourth-order valence-electron chi connectivity index (χ4n) is 3.38. The summed E-state index contributed by atoms with van der Waals surface area (Å²) in [7, 11) is 0. The first-order chi connectivity index (χ1) is 12.6. The lowest BCUT2D eigenvalue weighted by Gasteiger charge is -2.35. The van der Waals surface area contributed by atoms with Crippen LogP contribution in [0.15, 0.2) is 60.7 Å². The zero-order chi connectivity index (χ0) is 18.4. The van der Waals surface area contributed by atoms with Crippen molar-refractivity contribution >= 4 is 5.97 Å². The van der Waals surface area contributed by atoms with Crippen LogP contribution >= 0.6 is 0 Å². The minimum absolute atomic E-state index is 0.0353. The third-order valence-electron chi connectivity index (χ3n) is 4.91. The van der Waals surface area contributed by atoms with E-state index in [0.29, 0.717) is 12.0 Å². The van der Waals surface area contributed by atoms with Gasteiger partial charge in [0.15, 0.2) is 0 Å². The molecule has 26 heavy (non-hydrogen) atoms. The van der Waals surface area contributed by atoms with Crippen molar-refractivity contribution in [3.63, 3.8) is 0 Å². The molecule has 0 unspecified atom stereocenters. The zero-order valence-corrected chi connectivity index (χ0v) is 15.0. The molecule has 0 radical (unpaired) electrons. The maximum atomic E-state index is 12.0. The molecule has 5 nitrogen and oxygen atoms in total. The summed E-state index contributed by atoms with van der Waals surface area (Å²) in [6.45, 7) is 2.11. The van der Waals surface area contributed by atoms with Gasteiger partial charge in [0.2, 0.25) is 0 Å². The second-order valence-corrected chi connectivity index (χ2v) is 6.86. The van der Waals surface area contributed by atoms with Crippen LogP contribution in [0.4, 0.5) is 0 Å². The lowest BCUT2D eigenvalue weighted by molar-refractivity contribution is -0.00679. The Morgan fingerprint density at radius 1 is 1.08 bits per heavy atom. The van der Waals surface area contributed by atoms with E-state index in [1.807, 2.05) is 24.3 Å². The molecule has 5 heteroatoms. The van der Waals surface area contributed by atoms with Crippen molar-refractivity contribution in [1.82, 2.24) is 10.8 Å². The van der Waals surface area contributed by atoms with Gasteiger partial charge in [-0.2, -0.15) is 0 Å². The number of hydroxylamine groups is 1. The summed E-state index contributed by atoms with van der Waals surface area (Å²) in [5.41, 5.74) is 4.53. The van der Waals surface area contributed by atoms with Gasteiger partial charge in [-0.3, -0.25) is 0 Å². The Labute approximate surface area is 154 Å². The van der Waals surface area contributed by atoms with Crippen LogP contribution in [-0.2, 0) is 4.84 Å². The molecular weight excluding hydrogens is 328 g/mol. The van der Waals surface area contributed by atoms with Gasteiger partial charge < -0.3 is 15.3 Å². The first-order valence-corrected chi connectivity index (χ1v) is 9.14. The van der Waals surface area contributed by atoms with Crippen LogP contribution in [0.1, 0.15) is 48.1 Å². The predicted molar refractivity (Wildman–Crippen MR) is 100 cm³/mol. The third kappa shape index (κ3) is 4.91. The fraction of sp³-hybridized carbons (Fsp3) is 0.381. The van der Waals surface area contributed by atoms with Gasteiger partial charge in [-0.25, -0.2) is 4.79 Å². The van der Waals surface area contributed by atoms with E-state index in [1.165, 1.54) is 5.56 Å². The SMILES string of the molecule is C[C@H](N[C@@H]1CC[C@@H](NOC(=O)c2ccccc2)C[C@H]1O)c1ccccc1. The maximum absolute atomic E-state index is 12.0. The van der Waals surface area contributed by atoms with Crippen LogP contribution in [0.3, 0.4) is 0 Å². The average molecular weight is 354 g/mol. The molecular formula is C21H26N2O3. The molecule has 2 aromatic carbocycles. The van der Waals surface area contributed by atoms with Crippen molar-refractivity contribution in [2.45, 2.75) is 50.4 Å². The highest BCUT2D eigenvalue weighted by Crippen LogP contribution is 2.23. The summed E-state index contributed by atoms with van der Waals surface area (Å²) in [5.74, 6) is -0.405. The number of hydrogen-bond acceptors (Lipinski definition) is 5. The summed E-state index contributed by atoms with van der Waals surface area (Å²) >= 11 is 0. The molecule has 4 atom stereocenters. The van der Waals surface area contributed by atoms with Crippen molar-refractivity contribution in [3.05, 3.63) is 71.8 Å². The fourth-order valence-corrected chi connectivity index (χ4v) is 3.38. The Hall–Kier alpha value is -2.21. The summed E-state index contributed by atoms with van der Waals surface area (Å²) in [6.07, 6.45) is 1.71. The topological polar surface area (TPSA) is 70.6 Å². The molecule has 3 rings (SSSR count). The van der Waals surface area contributed by atoms with Gasteiger partial charge in [-0.15, -0.1) is 5.48 Å². The second-order valence-electron chi connectivity index (χ2n) is 6.86. The van der Waals surface area contributed by atoms with Crippen LogP contribution in [0.25, 0.3) is 0 Å². The first kappa shape index (κ1) is 18.6. The molecule has 0 aromatic heterocycles. The monoisotopic (exact) mass is 354 g/mol. The Kier molecular flexibility index (Phi) is 6.39. The largest absolute Gasteiger partial charge is 0.391 e. The molecule has 0 amide bonds. The highest BCUT2D eigenvalue weighted by atomic mass is 16.7. The predicted octanol–water partition coefficient (Wildman–Crippen LogP) is 2.98. The smallest absolute Gasteiger partial charge is 0.356 e. The van der Waals surface area contributed by atoms with Crippen LogP contribution in [-0.4, -0.2) is 29.3 Å². The van der Waals surface area contributed by atoms with E-state index in [4.69, 9.17) is 4.84 Å². The maximum Gasteiger partial charge on any atom is 0.356 e. The van der Waals surface area contributed by atoms with Crippen molar-refractivity contribution in [1.29, 1.82) is 0 Å². The number of hydrogen-bond donors (Lipinski definition) is 3. The van der Waals surface area contributed by atoms with E-state index >= 15 is 0 Å². The molecule has 0 heterocycles.